The highest BCUT2D eigenvalue weighted by atomic mass is 16.7. The van der Waals surface area contributed by atoms with Gasteiger partial charge < -0.3 is 70.0 Å². The van der Waals surface area contributed by atoms with E-state index in [1.807, 2.05) is 32.9 Å². The highest BCUT2D eigenvalue weighted by molar-refractivity contribution is 5.86. The molecule has 58 heavy (non-hydrogen) atoms. The highest BCUT2D eigenvalue weighted by Gasteiger charge is 2.52. The minimum Gasteiger partial charge on any atom is -0.394 e. The predicted octanol–water partition coefficient (Wildman–Crippen LogP) is 0.634. The molecular formula is C42H70O16. The molecule has 0 spiro atoms. The van der Waals surface area contributed by atoms with Crippen LogP contribution in [-0.4, -0.2) is 162 Å². The van der Waals surface area contributed by atoms with E-state index < -0.39 is 97.3 Å². The molecule has 0 aromatic rings. The van der Waals surface area contributed by atoms with Crippen molar-refractivity contribution in [1.29, 1.82) is 0 Å². The third-order valence-electron chi connectivity index (χ3n) is 12.6. The van der Waals surface area contributed by atoms with Crippen LogP contribution in [0.2, 0.25) is 0 Å². The van der Waals surface area contributed by atoms with Crippen LogP contribution in [0.15, 0.2) is 34.4 Å². The van der Waals surface area contributed by atoms with E-state index in [0.717, 1.165) is 23.0 Å². The number of Topliss-reactive ketones (excluding diaryl/α,β-unsaturated/α-hetero) is 1. The van der Waals surface area contributed by atoms with Crippen LogP contribution >= 0.6 is 0 Å². The van der Waals surface area contributed by atoms with Crippen molar-refractivity contribution in [3.05, 3.63) is 34.4 Å². The van der Waals surface area contributed by atoms with Gasteiger partial charge in [-0.1, -0.05) is 30.2 Å². The van der Waals surface area contributed by atoms with Gasteiger partial charge in [0.15, 0.2) is 18.4 Å². The topological polar surface area (TPSA) is 273 Å². The molecule has 10 N–H and O–H groups in total. The Hall–Kier alpha value is -2.00. The van der Waals surface area contributed by atoms with E-state index in [2.05, 4.69) is 0 Å². The summed E-state index contributed by atoms with van der Waals surface area (Å²) in [6, 6.07) is 0. The van der Waals surface area contributed by atoms with Crippen molar-refractivity contribution in [3.63, 3.8) is 0 Å². The summed E-state index contributed by atoms with van der Waals surface area (Å²) in [6.45, 7) is 10.9. The zero-order valence-corrected chi connectivity index (χ0v) is 35.1. The highest BCUT2D eigenvalue weighted by Crippen LogP contribution is 2.55. The first kappa shape index (κ1) is 50.4. The van der Waals surface area contributed by atoms with E-state index in [-0.39, 0.29) is 31.1 Å². The second-order valence-corrected chi connectivity index (χ2v) is 17.4. The first-order chi connectivity index (χ1) is 27.0. The Morgan fingerprint density at radius 1 is 0.879 bits per heavy atom. The van der Waals surface area contributed by atoms with Crippen molar-refractivity contribution in [3.8, 4) is 0 Å². The molecule has 1 aliphatic carbocycles. The first-order valence-corrected chi connectivity index (χ1v) is 20.4. The number of allylic oxidation sites excluding steroid dienone is 4. The Morgan fingerprint density at radius 2 is 1.45 bits per heavy atom. The van der Waals surface area contributed by atoms with Crippen LogP contribution < -0.4 is 0 Å². The van der Waals surface area contributed by atoms with Crippen molar-refractivity contribution < 1.29 is 79.6 Å². The Morgan fingerprint density at radius 3 is 2.00 bits per heavy atom. The number of rotatable bonds is 20. The van der Waals surface area contributed by atoms with Gasteiger partial charge in [0.2, 0.25) is 0 Å². The maximum atomic E-state index is 12.3. The van der Waals surface area contributed by atoms with Gasteiger partial charge in [0.25, 0.3) is 0 Å². The fourth-order valence-electron chi connectivity index (χ4n) is 8.22. The van der Waals surface area contributed by atoms with E-state index in [0.29, 0.717) is 50.5 Å². The fourth-order valence-corrected chi connectivity index (χ4v) is 8.22. The normalized spacial score (nSPS) is 38.1. The average molecular weight is 831 g/mol. The fraction of sp³-hybridized carbons (Fsp3) is 0.810. The van der Waals surface area contributed by atoms with Crippen molar-refractivity contribution >= 4 is 12.1 Å². The van der Waals surface area contributed by atoms with Crippen molar-refractivity contribution in [2.75, 3.05) is 19.8 Å². The molecule has 0 aromatic heterocycles. The van der Waals surface area contributed by atoms with Crippen LogP contribution in [0.1, 0.15) is 106 Å². The molecule has 334 valence electrons. The zero-order valence-electron chi connectivity index (χ0n) is 35.1. The molecule has 3 fully saturated rings. The van der Waals surface area contributed by atoms with Gasteiger partial charge in [-0.15, -0.1) is 0 Å². The monoisotopic (exact) mass is 830 g/mol. The van der Waals surface area contributed by atoms with E-state index in [4.69, 9.17) is 18.9 Å². The number of carbonyl (C=O) groups excluding carboxylic acids is 2. The maximum absolute atomic E-state index is 12.3. The molecule has 2 saturated heterocycles. The number of hydrogen-bond acceptors (Lipinski definition) is 16. The molecule has 0 radical (unpaired) electrons. The summed E-state index contributed by atoms with van der Waals surface area (Å²) >= 11 is 0. The third-order valence-corrected chi connectivity index (χ3v) is 12.6. The maximum Gasteiger partial charge on any atom is 0.187 e. The average Bonchev–Trinajstić information content (AvgIpc) is 3.17. The lowest BCUT2D eigenvalue weighted by molar-refractivity contribution is -0.308. The first-order valence-electron chi connectivity index (χ1n) is 20.4. The summed E-state index contributed by atoms with van der Waals surface area (Å²) in [5.74, 6) is -0.578. The predicted molar refractivity (Wildman–Crippen MR) is 210 cm³/mol. The molecule has 3 aliphatic rings. The van der Waals surface area contributed by atoms with Crippen molar-refractivity contribution in [1.82, 2.24) is 0 Å². The Balaban J connectivity index is 1.84. The number of ketones is 1. The van der Waals surface area contributed by atoms with Gasteiger partial charge in [-0.25, -0.2) is 0 Å². The molecule has 11 unspecified atom stereocenters. The van der Waals surface area contributed by atoms with Gasteiger partial charge in [0.1, 0.15) is 60.7 Å². The standard InChI is InChI=1S/C42H70O16/c1-23(13-15-31(46)40(4,5)53)12-14-28(56-39-37(52)35(50)33(48)30(22-45)58-39)24(2)10-8-17-41(6)27(26(25(3)20-43)16-18-42(41,7)54)11-9-19-55-38-36(51)34(49)32(47)29(21-44)57-38/h10,12,20,27-30,32-39,44-45,47-54H,8-9,11,13-19,21-22H2,1-7H3/b23-12+,24-10+,26-25-/t27-,28?,29?,30?,32?,33?,34?,35?,36?,37?,38?,39?,41+,42+/m1/s1. The summed E-state index contributed by atoms with van der Waals surface area (Å²) in [7, 11) is 0. The Bertz CT molecular complexity index is 1430. The van der Waals surface area contributed by atoms with Gasteiger partial charge >= 0.3 is 0 Å². The van der Waals surface area contributed by atoms with E-state index in [9.17, 15) is 60.7 Å². The number of aliphatic hydroxyl groups excluding tert-OH is 8. The molecule has 16 heteroatoms. The third kappa shape index (κ3) is 12.3. The van der Waals surface area contributed by atoms with Gasteiger partial charge in [-0.2, -0.15) is 0 Å². The molecule has 16 nitrogen and oxygen atoms in total. The summed E-state index contributed by atoms with van der Waals surface area (Å²) in [5.41, 5.74) is -0.313. The minimum atomic E-state index is -1.64. The summed E-state index contributed by atoms with van der Waals surface area (Å²) in [6.07, 6.45) is -7.07. The molecule has 0 bridgehead atoms. The van der Waals surface area contributed by atoms with Crippen LogP contribution in [0.5, 0.6) is 0 Å². The lowest BCUT2D eigenvalue weighted by Gasteiger charge is -2.53. The number of carbonyl (C=O) groups is 2. The quantitative estimate of drug-likeness (QED) is 0.0349. The van der Waals surface area contributed by atoms with Gasteiger partial charge in [-0.3, -0.25) is 9.59 Å². The van der Waals surface area contributed by atoms with Crippen LogP contribution in [0.3, 0.4) is 0 Å². The molecule has 3 rings (SSSR count). The SMILES string of the molecule is C/C(C=O)=C1\CC[C@](C)(O)[C@@](C)(CC/C=C(\C)C(C/C=C(\C)CCC(=O)C(C)(C)O)OC2OC(CO)C(O)C(O)C2O)[C@@H]1CCCOC1OC(CO)C(O)C(O)C1O. The Kier molecular flexibility index (Phi) is 18.8. The second kappa shape index (κ2) is 21.7. The van der Waals surface area contributed by atoms with Gasteiger partial charge in [0, 0.05) is 18.4 Å². The largest absolute Gasteiger partial charge is 0.394 e. The number of aliphatic hydroxyl groups is 10. The minimum absolute atomic E-state index is 0.0691. The summed E-state index contributed by atoms with van der Waals surface area (Å²) in [4.78, 5) is 24.4. The van der Waals surface area contributed by atoms with Crippen molar-refractivity contribution in [2.45, 2.75) is 185 Å². The summed E-state index contributed by atoms with van der Waals surface area (Å²) < 4.78 is 23.1. The second-order valence-electron chi connectivity index (χ2n) is 17.4. The molecule has 14 atom stereocenters. The van der Waals surface area contributed by atoms with Crippen molar-refractivity contribution in [2.24, 2.45) is 11.3 Å². The number of ether oxygens (including phenoxy) is 4. The lowest BCUT2D eigenvalue weighted by atomic mass is 9.54. The summed E-state index contributed by atoms with van der Waals surface area (Å²) in [5, 5.41) is 104. The molecule has 2 heterocycles. The van der Waals surface area contributed by atoms with Crippen LogP contribution in [0.4, 0.5) is 0 Å². The lowest BCUT2D eigenvalue weighted by Crippen LogP contribution is -2.59. The number of hydrogen-bond donors (Lipinski definition) is 10. The van der Waals surface area contributed by atoms with Crippen LogP contribution in [-0.2, 0) is 28.5 Å². The molecule has 1 saturated carbocycles. The molecule has 0 amide bonds. The van der Waals surface area contributed by atoms with E-state index in [1.165, 1.54) is 13.8 Å². The smallest absolute Gasteiger partial charge is 0.187 e. The van der Waals surface area contributed by atoms with Gasteiger partial charge in [0.05, 0.1) is 24.9 Å². The van der Waals surface area contributed by atoms with E-state index >= 15 is 0 Å². The van der Waals surface area contributed by atoms with Gasteiger partial charge in [-0.05, 0) is 110 Å². The number of aldehydes is 1. The zero-order chi connectivity index (χ0) is 43.7. The van der Waals surface area contributed by atoms with Crippen LogP contribution in [0.25, 0.3) is 0 Å². The Labute approximate surface area is 341 Å². The molecular weight excluding hydrogens is 760 g/mol. The molecule has 2 aliphatic heterocycles. The molecule has 0 aromatic carbocycles. The van der Waals surface area contributed by atoms with E-state index in [1.54, 1.807) is 13.8 Å². The van der Waals surface area contributed by atoms with Crippen LogP contribution in [0, 0.1) is 11.3 Å².